The number of carbonyl (C=O) groups is 2. The summed E-state index contributed by atoms with van der Waals surface area (Å²) in [5.74, 6) is -0.734. The van der Waals surface area contributed by atoms with Crippen LogP contribution in [0.2, 0.25) is 0 Å². The van der Waals surface area contributed by atoms with Crippen molar-refractivity contribution in [3.8, 4) is 11.5 Å². The zero-order chi connectivity index (χ0) is 22.8. The molecule has 9 heteroatoms. The quantitative estimate of drug-likeness (QED) is 0.619. The molecular formula is C22H32N2O7. The van der Waals surface area contributed by atoms with Gasteiger partial charge < -0.3 is 29.3 Å². The van der Waals surface area contributed by atoms with E-state index >= 15 is 0 Å². The molecule has 2 N–H and O–H groups in total. The second-order valence-corrected chi connectivity index (χ2v) is 7.48. The van der Waals surface area contributed by atoms with E-state index in [0.29, 0.717) is 24.8 Å². The first kappa shape index (κ1) is 24.6. The van der Waals surface area contributed by atoms with Crippen LogP contribution in [0.15, 0.2) is 30.4 Å². The molecular weight excluding hydrogens is 404 g/mol. The molecule has 2 aliphatic rings. The van der Waals surface area contributed by atoms with Crippen LogP contribution >= 0.6 is 0 Å². The van der Waals surface area contributed by atoms with E-state index in [1.807, 2.05) is 19.1 Å². The van der Waals surface area contributed by atoms with Gasteiger partial charge in [0.05, 0.1) is 19.8 Å². The van der Waals surface area contributed by atoms with Gasteiger partial charge in [0, 0.05) is 49.5 Å². The maximum atomic E-state index is 9.55. The van der Waals surface area contributed by atoms with Crippen molar-refractivity contribution >= 4 is 11.9 Å². The molecule has 2 heterocycles. The van der Waals surface area contributed by atoms with Crippen molar-refractivity contribution in [1.82, 2.24) is 9.80 Å². The lowest BCUT2D eigenvalue weighted by molar-refractivity contribution is -0.134. The van der Waals surface area contributed by atoms with Crippen molar-refractivity contribution in [1.29, 1.82) is 0 Å². The zero-order valence-corrected chi connectivity index (χ0v) is 18.3. The van der Waals surface area contributed by atoms with E-state index in [1.165, 1.54) is 0 Å². The van der Waals surface area contributed by atoms with E-state index in [9.17, 15) is 9.59 Å². The highest BCUT2D eigenvalue weighted by molar-refractivity contribution is 5.89. The van der Waals surface area contributed by atoms with Crippen molar-refractivity contribution in [2.24, 2.45) is 0 Å². The summed E-state index contributed by atoms with van der Waals surface area (Å²) in [6.45, 7) is 7.31. The van der Waals surface area contributed by atoms with Crippen LogP contribution in [0.25, 0.3) is 0 Å². The van der Waals surface area contributed by atoms with Crippen LogP contribution in [-0.4, -0.2) is 91.5 Å². The van der Waals surface area contributed by atoms with Crippen molar-refractivity contribution in [3.05, 3.63) is 35.9 Å². The third-order valence-corrected chi connectivity index (χ3v) is 4.97. The molecule has 0 spiro atoms. The van der Waals surface area contributed by atoms with Gasteiger partial charge in [-0.15, -0.1) is 0 Å². The predicted molar refractivity (Wildman–Crippen MR) is 115 cm³/mol. The normalized spacial score (nSPS) is 20.6. The minimum atomic E-state index is -1.26. The summed E-state index contributed by atoms with van der Waals surface area (Å²) in [5.41, 5.74) is 1.16. The van der Waals surface area contributed by atoms with Crippen LogP contribution in [0.4, 0.5) is 0 Å². The first-order valence-corrected chi connectivity index (χ1v) is 10.4. The van der Waals surface area contributed by atoms with Gasteiger partial charge in [-0.25, -0.2) is 9.59 Å². The fourth-order valence-corrected chi connectivity index (χ4v) is 3.57. The molecule has 31 heavy (non-hydrogen) atoms. The fourth-order valence-electron chi connectivity index (χ4n) is 3.57. The lowest BCUT2D eigenvalue weighted by Gasteiger charge is -2.40. The minimum Gasteiger partial charge on any atom is -0.494 e. The van der Waals surface area contributed by atoms with Crippen LogP contribution in [-0.2, 0) is 14.3 Å². The number of likely N-dealkylation sites (N-methyl/N-ethyl adjacent to an activating group) is 1. The summed E-state index contributed by atoms with van der Waals surface area (Å²) >= 11 is 0. The molecule has 0 aliphatic carbocycles. The largest absolute Gasteiger partial charge is 0.494 e. The van der Waals surface area contributed by atoms with Crippen LogP contribution in [0, 0.1) is 0 Å². The lowest BCUT2D eigenvalue weighted by Crippen LogP contribution is -2.49. The number of carboxylic acid groups (broad SMARTS) is 2. The van der Waals surface area contributed by atoms with Gasteiger partial charge in [-0.2, -0.15) is 0 Å². The maximum Gasteiger partial charge on any atom is 0.328 e. The Bertz CT molecular complexity index is 750. The van der Waals surface area contributed by atoms with Crippen LogP contribution in [0.5, 0.6) is 11.5 Å². The summed E-state index contributed by atoms with van der Waals surface area (Å²) in [4.78, 5) is 23.9. The molecule has 2 aliphatic heterocycles. The highest BCUT2D eigenvalue weighted by Gasteiger charge is 2.36. The van der Waals surface area contributed by atoms with E-state index in [0.717, 1.165) is 56.3 Å². The Morgan fingerprint density at radius 3 is 2.55 bits per heavy atom. The van der Waals surface area contributed by atoms with Crippen molar-refractivity contribution in [2.45, 2.75) is 25.5 Å². The first-order chi connectivity index (χ1) is 14.8. The maximum absolute atomic E-state index is 9.55. The van der Waals surface area contributed by atoms with E-state index in [1.54, 1.807) is 0 Å². The molecule has 0 saturated carbocycles. The Labute approximate surface area is 182 Å². The van der Waals surface area contributed by atoms with E-state index < -0.39 is 11.9 Å². The standard InChI is InChI=1S/C18H28N2O3.C4H4O4/c1-4-21-14-5-6-15-17(13-14)22-11-7-16-18(15)23-12-10-20(16)9-8-19(2)3;5-3(6)1-2-4(7)8/h5-6,13,16,18H,4,7-12H2,1-3H3;1-2H,(H,5,6)(H,7,8)/b;2-1-/t16-,18-;/m1./s1. The lowest BCUT2D eigenvalue weighted by atomic mass is 9.97. The second-order valence-electron chi connectivity index (χ2n) is 7.48. The summed E-state index contributed by atoms with van der Waals surface area (Å²) in [7, 11) is 4.25. The number of nitrogens with zero attached hydrogens (tertiary/aromatic N) is 2. The molecule has 2 atom stereocenters. The zero-order valence-electron chi connectivity index (χ0n) is 18.3. The number of hydrogen-bond acceptors (Lipinski definition) is 7. The van der Waals surface area contributed by atoms with Gasteiger partial charge >= 0.3 is 11.9 Å². The predicted octanol–water partition coefficient (Wildman–Crippen LogP) is 1.88. The molecule has 3 rings (SSSR count). The number of hydrogen-bond donors (Lipinski definition) is 2. The summed E-state index contributed by atoms with van der Waals surface area (Å²) in [6.07, 6.45) is 2.21. The average molecular weight is 437 g/mol. The number of benzene rings is 1. The highest BCUT2D eigenvalue weighted by atomic mass is 16.5. The Morgan fingerprint density at radius 1 is 1.23 bits per heavy atom. The van der Waals surface area contributed by atoms with Gasteiger partial charge in [-0.05, 0) is 39.6 Å². The third-order valence-electron chi connectivity index (χ3n) is 4.97. The molecule has 172 valence electrons. The van der Waals surface area contributed by atoms with E-state index in [4.69, 9.17) is 24.4 Å². The highest BCUT2D eigenvalue weighted by Crippen LogP contribution is 2.39. The minimum absolute atomic E-state index is 0.0964. The van der Waals surface area contributed by atoms with Gasteiger partial charge in [0.25, 0.3) is 0 Å². The van der Waals surface area contributed by atoms with Crippen molar-refractivity contribution in [2.75, 3.05) is 53.6 Å². The van der Waals surface area contributed by atoms with Gasteiger partial charge in [0.1, 0.15) is 17.6 Å². The van der Waals surface area contributed by atoms with E-state index in [-0.39, 0.29) is 6.10 Å². The van der Waals surface area contributed by atoms with Crippen LogP contribution in [0.1, 0.15) is 25.0 Å². The SMILES string of the molecule is CCOc1ccc2c(c1)OCC[C@@H]1[C@@H]2OCCN1CCN(C)C.O=C(O)/C=C\C(=O)O. The molecule has 1 fully saturated rings. The van der Waals surface area contributed by atoms with Gasteiger partial charge in [-0.1, -0.05) is 0 Å². The van der Waals surface area contributed by atoms with Crippen molar-refractivity contribution < 1.29 is 34.0 Å². The Kier molecular flexibility index (Phi) is 9.77. The van der Waals surface area contributed by atoms with Crippen molar-refractivity contribution in [3.63, 3.8) is 0 Å². The van der Waals surface area contributed by atoms with Crippen LogP contribution < -0.4 is 9.47 Å². The molecule has 0 amide bonds. The first-order valence-electron chi connectivity index (χ1n) is 10.4. The molecule has 9 nitrogen and oxygen atoms in total. The van der Waals surface area contributed by atoms with Gasteiger partial charge in [-0.3, -0.25) is 4.90 Å². The smallest absolute Gasteiger partial charge is 0.328 e. The molecule has 1 saturated heterocycles. The number of morpholine rings is 1. The summed E-state index contributed by atoms with van der Waals surface area (Å²) in [5, 5.41) is 15.6. The third kappa shape index (κ3) is 7.86. The van der Waals surface area contributed by atoms with Crippen LogP contribution in [0.3, 0.4) is 0 Å². The van der Waals surface area contributed by atoms with Gasteiger partial charge in [0.2, 0.25) is 0 Å². The van der Waals surface area contributed by atoms with Gasteiger partial charge in [0.15, 0.2) is 0 Å². The number of rotatable bonds is 7. The second kappa shape index (κ2) is 12.3. The molecule has 1 aromatic carbocycles. The number of carboxylic acids is 2. The molecule has 0 bridgehead atoms. The Hall–Kier alpha value is -2.62. The summed E-state index contributed by atoms with van der Waals surface area (Å²) in [6, 6.07) is 6.53. The summed E-state index contributed by atoms with van der Waals surface area (Å²) < 4.78 is 17.8. The number of aliphatic carboxylic acids is 2. The molecule has 0 aromatic heterocycles. The van der Waals surface area contributed by atoms with E-state index in [2.05, 4.69) is 30.0 Å². The monoisotopic (exact) mass is 436 g/mol. The molecule has 1 aromatic rings. The Balaban J connectivity index is 0.000000366. The Morgan fingerprint density at radius 2 is 1.94 bits per heavy atom. The average Bonchev–Trinajstić information content (AvgIpc) is 2.90. The topological polar surface area (TPSA) is 109 Å². The molecule has 0 unspecified atom stereocenters. The number of ether oxygens (including phenoxy) is 3. The fraction of sp³-hybridized carbons (Fsp3) is 0.545. The molecule has 0 radical (unpaired) electrons. The number of fused-ring (bicyclic) bond motifs is 3.